The fraction of sp³-hybridized carbons (Fsp3) is 0.364. The molecular formula is C22H23N3O4. The molecule has 0 aromatic heterocycles. The van der Waals surface area contributed by atoms with Crippen LogP contribution in [-0.4, -0.2) is 25.3 Å². The van der Waals surface area contributed by atoms with Crippen molar-refractivity contribution in [1.82, 2.24) is 0 Å². The molecule has 0 saturated heterocycles. The summed E-state index contributed by atoms with van der Waals surface area (Å²) in [4.78, 5) is 27.2. The number of amides is 3. The van der Waals surface area contributed by atoms with Crippen molar-refractivity contribution in [1.29, 1.82) is 0 Å². The van der Waals surface area contributed by atoms with Crippen LogP contribution in [0.4, 0.5) is 21.9 Å². The van der Waals surface area contributed by atoms with Crippen LogP contribution in [0, 0.1) is 5.92 Å². The van der Waals surface area contributed by atoms with E-state index in [4.69, 9.17) is 9.47 Å². The van der Waals surface area contributed by atoms with Gasteiger partial charge < -0.3 is 25.0 Å². The molecule has 0 atom stereocenters. The molecule has 5 rings (SSSR count). The first-order valence-electron chi connectivity index (χ1n) is 10.1. The summed E-state index contributed by atoms with van der Waals surface area (Å²) < 4.78 is 10.6. The maximum atomic E-state index is 12.9. The van der Waals surface area contributed by atoms with Gasteiger partial charge in [0.1, 0.15) is 0 Å². The zero-order chi connectivity index (χ0) is 19.8. The second-order valence-corrected chi connectivity index (χ2v) is 7.71. The summed E-state index contributed by atoms with van der Waals surface area (Å²) in [5, 5.41) is 5.66. The van der Waals surface area contributed by atoms with Gasteiger partial charge in [-0.3, -0.25) is 4.79 Å². The van der Waals surface area contributed by atoms with Crippen molar-refractivity contribution >= 4 is 29.0 Å². The number of carbonyl (C=O) groups is 2. The third-order valence-corrected chi connectivity index (χ3v) is 5.84. The maximum Gasteiger partial charge on any atom is 0.323 e. The van der Waals surface area contributed by atoms with E-state index in [1.165, 1.54) is 0 Å². The molecule has 3 aliphatic rings. The number of nitrogens with one attached hydrogen (secondary N) is 2. The number of anilines is 3. The van der Waals surface area contributed by atoms with Crippen LogP contribution in [0.3, 0.4) is 0 Å². The average molecular weight is 393 g/mol. The summed E-state index contributed by atoms with van der Waals surface area (Å²) >= 11 is 0. The summed E-state index contributed by atoms with van der Waals surface area (Å²) in [6, 6.07) is 10.7. The molecule has 1 fully saturated rings. The Morgan fingerprint density at radius 1 is 0.931 bits per heavy atom. The van der Waals surface area contributed by atoms with Crippen LogP contribution in [0.5, 0.6) is 11.5 Å². The number of ether oxygens (including phenoxy) is 2. The molecule has 0 bridgehead atoms. The number of benzene rings is 2. The van der Waals surface area contributed by atoms with Gasteiger partial charge in [0.15, 0.2) is 11.5 Å². The molecule has 0 radical (unpaired) electrons. The number of hydrogen-bond acceptors (Lipinski definition) is 4. The van der Waals surface area contributed by atoms with E-state index in [0.717, 1.165) is 49.9 Å². The van der Waals surface area contributed by atoms with Gasteiger partial charge in [0, 0.05) is 35.6 Å². The second kappa shape index (κ2) is 7.31. The number of urea groups is 1. The van der Waals surface area contributed by atoms with Crippen molar-refractivity contribution in [2.75, 3.05) is 28.9 Å². The van der Waals surface area contributed by atoms with Gasteiger partial charge in [-0.15, -0.1) is 0 Å². The normalized spacial score (nSPS) is 17.3. The number of rotatable bonds is 3. The molecule has 2 N–H and O–H groups in total. The molecule has 29 heavy (non-hydrogen) atoms. The van der Waals surface area contributed by atoms with Gasteiger partial charge in [0.2, 0.25) is 12.7 Å². The molecule has 2 aliphatic heterocycles. The Hall–Kier alpha value is -3.22. The van der Waals surface area contributed by atoms with Gasteiger partial charge in [-0.25, -0.2) is 4.79 Å². The Bertz CT molecular complexity index is 969. The van der Waals surface area contributed by atoms with E-state index in [1.54, 1.807) is 18.2 Å². The van der Waals surface area contributed by atoms with E-state index >= 15 is 0 Å². The molecular weight excluding hydrogens is 370 g/mol. The zero-order valence-electron chi connectivity index (χ0n) is 16.1. The van der Waals surface area contributed by atoms with E-state index in [-0.39, 0.29) is 24.6 Å². The first-order chi connectivity index (χ1) is 14.2. The van der Waals surface area contributed by atoms with Gasteiger partial charge in [-0.05, 0) is 49.1 Å². The third kappa shape index (κ3) is 3.48. The highest BCUT2D eigenvalue weighted by Crippen LogP contribution is 2.36. The molecule has 0 unspecified atom stereocenters. The monoisotopic (exact) mass is 393 g/mol. The van der Waals surface area contributed by atoms with Gasteiger partial charge in [-0.1, -0.05) is 18.9 Å². The topological polar surface area (TPSA) is 79.9 Å². The Balaban J connectivity index is 1.28. The van der Waals surface area contributed by atoms with Gasteiger partial charge in [0.25, 0.3) is 0 Å². The predicted octanol–water partition coefficient (Wildman–Crippen LogP) is 4.14. The molecule has 0 spiro atoms. The molecule has 7 heteroatoms. The molecule has 3 amide bonds. The molecule has 2 heterocycles. The van der Waals surface area contributed by atoms with Gasteiger partial charge >= 0.3 is 6.03 Å². The molecule has 2 aromatic carbocycles. The third-order valence-electron chi connectivity index (χ3n) is 5.84. The molecule has 150 valence electrons. The van der Waals surface area contributed by atoms with Crippen LogP contribution in [0.25, 0.3) is 0 Å². The van der Waals surface area contributed by atoms with E-state index < -0.39 is 0 Å². The summed E-state index contributed by atoms with van der Waals surface area (Å²) in [5.41, 5.74) is 3.35. The zero-order valence-corrected chi connectivity index (χ0v) is 16.1. The highest BCUT2D eigenvalue weighted by Gasteiger charge is 2.32. The fourth-order valence-corrected chi connectivity index (χ4v) is 4.35. The lowest BCUT2D eigenvalue weighted by Crippen LogP contribution is -2.33. The van der Waals surface area contributed by atoms with Crippen molar-refractivity contribution in [3.05, 3.63) is 42.0 Å². The van der Waals surface area contributed by atoms with Crippen LogP contribution >= 0.6 is 0 Å². The van der Waals surface area contributed by atoms with Crippen molar-refractivity contribution < 1.29 is 19.1 Å². The fourth-order valence-electron chi connectivity index (χ4n) is 4.35. The predicted molar refractivity (Wildman–Crippen MR) is 110 cm³/mol. The van der Waals surface area contributed by atoms with E-state index in [1.807, 2.05) is 23.1 Å². The maximum absolute atomic E-state index is 12.9. The number of nitrogens with zero attached hydrogens (tertiary/aromatic N) is 1. The minimum atomic E-state index is -0.351. The minimum absolute atomic E-state index is 0.145. The number of hydrogen-bond donors (Lipinski definition) is 2. The average Bonchev–Trinajstić information content (AvgIpc) is 3.47. The van der Waals surface area contributed by atoms with Crippen LogP contribution < -0.4 is 25.0 Å². The Kier molecular flexibility index (Phi) is 4.50. The van der Waals surface area contributed by atoms with Crippen molar-refractivity contribution in [3.63, 3.8) is 0 Å². The summed E-state index contributed by atoms with van der Waals surface area (Å²) in [6.07, 6.45) is 5.11. The summed E-state index contributed by atoms with van der Waals surface area (Å²) in [6.45, 7) is 0.910. The highest BCUT2D eigenvalue weighted by molar-refractivity contribution is 6.02. The first kappa shape index (κ1) is 17.8. The lowest BCUT2D eigenvalue weighted by Gasteiger charge is -2.21. The van der Waals surface area contributed by atoms with Crippen molar-refractivity contribution in [2.45, 2.75) is 32.1 Å². The standard InChI is InChI=1S/C22H23N3O4/c26-21(15-3-1-2-4-15)25-10-9-14-5-6-16(11-18(14)25)23-22(27)24-17-7-8-19-20(12-17)29-13-28-19/h5-8,11-12,15H,1-4,9-10,13H2,(H2,23,24,27). The van der Waals surface area contributed by atoms with Crippen LogP contribution in [0.2, 0.25) is 0 Å². The lowest BCUT2D eigenvalue weighted by molar-refractivity contribution is -0.122. The smallest absolute Gasteiger partial charge is 0.323 e. The van der Waals surface area contributed by atoms with Gasteiger partial charge in [-0.2, -0.15) is 0 Å². The van der Waals surface area contributed by atoms with Gasteiger partial charge in [0.05, 0.1) is 0 Å². The molecule has 1 aliphatic carbocycles. The number of fused-ring (bicyclic) bond motifs is 2. The number of carbonyl (C=O) groups excluding carboxylic acids is 2. The van der Waals surface area contributed by atoms with Crippen molar-refractivity contribution in [2.24, 2.45) is 5.92 Å². The molecule has 7 nitrogen and oxygen atoms in total. The van der Waals surface area contributed by atoms with E-state index in [0.29, 0.717) is 22.9 Å². The van der Waals surface area contributed by atoms with E-state index in [9.17, 15) is 9.59 Å². The first-order valence-corrected chi connectivity index (χ1v) is 10.1. The second-order valence-electron chi connectivity index (χ2n) is 7.71. The quantitative estimate of drug-likeness (QED) is 0.821. The van der Waals surface area contributed by atoms with Crippen molar-refractivity contribution in [3.8, 4) is 11.5 Å². The summed E-state index contributed by atoms with van der Waals surface area (Å²) in [5.74, 6) is 1.65. The highest BCUT2D eigenvalue weighted by atomic mass is 16.7. The van der Waals surface area contributed by atoms with Crippen LogP contribution in [0.1, 0.15) is 31.2 Å². The van der Waals surface area contributed by atoms with Crippen LogP contribution in [-0.2, 0) is 11.2 Å². The Morgan fingerprint density at radius 3 is 2.48 bits per heavy atom. The Morgan fingerprint density at radius 2 is 1.66 bits per heavy atom. The largest absolute Gasteiger partial charge is 0.454 e. The molecule has 2 aromatic rings. The SMILES string of the molecule is O=C(Nc1ccc2c(c1)OCO2)Nc1ccc2c(c1)N(C(=O)C1CCCC1)CC2. The van der Waals surface area contributed by atoms with Crippen LogP contribution in [0.15, 0.2) is 36.4 Å². The lowest BCUT2D eigenvalue weighted by atomic mass is 10.1. The van der Waals surface area contributed by atoms with E-state index in [2.05, 4.69) is 10.6 Å². The Labute approximate surface area is 169 Å². The molecule has 1 saturated carbocycles. The minimum Gasteiger partial charge on any atom is -0.454 e. The summed E-state index contributed by atoms with van der Waals surface area (Å²) in [7, 11) is 0.